The summed E-state index contributed by atoms with van der Waals surface area (Å²) in [6.07, 6.45) is 1.27. The molecule has 2 aromatic carbocycles. The standard InChI is InChI=1S/C21H24Cl3N3O4S/c1-4-18(21(29)25-2)26(12-14-15(22)9-7-10-16(14)23)20(28)13-27(32(3,30)31)19-11-6-5-8-17(19)24/h5-11,18H,4,12-13H2,1-3H3,(H,25,29). The maximum atomic E-state index is 13.4. The number of carbonyl (C=O) groups excluding carboxylic acids is 2. The summed E-state index contributed by atoms with van der Waals surface area (Å²) in [6, 6.07) is 10.3. The quantitative estimate of drug-likeness (QED) is 0.542. The van der Waals surface area contributed by atoms with Crippen LogP contribution in [0, 0.1) is 0 Å². The average molecular weight is 521 g/mol. The van der Waals surface area contributed by atoms with Gasteiger partial charge in [-0.15, -0.1) is 0 Å². The van der Waals surface area contributed by atoms with E-state index >= 15 is 0 Å². The number of anilines is 1. The van der Waals surface area contributed by atoms with Crippen molar-refractivity contribution in [3.8, 4) is 0 Å². The van der Waals surface area contributed by atoms with E-state index in [1.165, 1.54) is 24.1 Å². The Bertz CT molecular complexity index is 1080. The zero-order valence-electron chi connectivity index (χ0n) is 17.8. The first-order valence-corrected chi connectivity index (χ1v) is 12.7. The van der Waals surface area contributed by atoms with E-state index in [2.05, 4.69) is 5.32 Å². The van der Waals surface area contributed by atoms with Crippen LogP contribution in [-0.4, -0.2) is 51.0 Å². The summed E-state index contributed by atoms with van der Waals surface area (Å²) in [5.74, 6) is -1.01. The largest absolute Gasteiger partial charge is 0.357 e. The molecule has 0 aromatic heterocycles. The molecular formula is C21H24Cl3N3O4S. The van der Waals surface area contributed by atoms with E-state index in [4.69, 9.17) is 34.8 Å². The number of para-hydroxylation sites is 1. The van der Waals surface area contributed by atoms with E-state index in [9.17, 15) is 18.0 Å². The number of carbonyl (C=O) groups is 2. The van der Waals surface area contributed by atoms with E-state index in [1.54, 1.807) is 37.3 Å². The number of likely N-dealkylation sites (N-methyl/N-ethyl adjacent to an activating group) is 1. The molecule has 1 N–H and O–H groups in total. The molecule has 2 amide bonds. The van der Waals surface area contributed by atoms with Crippen molar-refractivity contribution in [3.05, 3.63) is 63.1 Å². The predicted octanol–water partition coefficient (Wildman–Crippen LogP) is 3.97. The lowest BCUT2D eigenvalue weighted by Crippen LogP contribution is -2.51. The normalized spacial score (nSPS) is 12.2. The number of hydrogen-bond donors (Lipinski definition) is 1. The summed E-state index contributed by atoms with van der Waals surface area (Å²) in [4.78, 5) is 27.3. The van der Waals surface area contributed by atoms with Gasteiger partial charge in [-0.3, -0.25) is 13.9 Å². The zero-order valence-corrected chi connectivity index (χ0v) is 20.9. The van der Waals surface area contributed by atoms with Gasteiger partial charge in [0.2, 0.25) is 21.8 Å². The lowest BCUT2D eigenvalue weighted by atomic mass is 10.1. The van der Waals surface area contributed by atoms with Gasteiger partial charge in [0.1, 0.15) is 12.6 Å². The Kier molecular flexibility index (Phi) is 9.21. The number of nitrogens with zero attached hydrogens (tertiary/aromatic N) is 2. The third kappa shape index (κ3) is 6.28. The van der Waals surface area contributed by atoms with Gasteiger partial charge in [0.25, 0.3) is 0 Å². The fraction of sp³-hybridized carbons (Fsp3) is 0.333. The second-order valence-electron chi connectivity index (χ2n) is 6.98. The lowest BCUT2D eigenvalue weighted by Gasteiger charge is -2.33. The smallest absolute Gasteiger partial charge is 0.244 e. The third-order valence-corrected chi connectivity index (χ3v) is 6.98. The van der Waals surface area contributed by atoms with Crippen molar-refractivity contribution in [1.82, 2.24) is 10.2 Å². The van der Waals surface area contributed by atoms with Crippen LogP contribution < -0.4 is 9.62 Å². The predicted molar refractivity (Wildman–Crippen MR) is 129 cm³/mol. The summed E-state index contributed by atoms with van der Waals surface area (Å²) < 4.78 is 25.9. The molecule has 0 radical (unpaired) electrons. The van der Waals surface area contributed by atoms with Gasteiger partial charge >= 0.3 is 0 Å². The number of benzene rings is 2. The highest BCUT2D eigenvalue weighted by molar-refractivity contribution is 7.92. The van der Waals surface area contributed by atoms with E-state index < -0.39 is 34.4 Å². The van der Waals surface area contributed by atoms with Gasteiger partial charge in [0.05, 0.1) is 17.0 Å². The molecule has 1 atom stereocenters. The van der Waals surface area contributed by atoms with Crippen molar-refractivity contribution in [2.24, 2.45) is 0 Å². The average Bonchev–Trinajstić information content (AvgIpc) is 2.73. The molecular weight excluding hydrogens is 497 g/mol. The van der Waals surface area contributed by atoms with Gasteiger partial charge < -0.3 is 10.2 Å². The summed E-state index contributed by atoms with van der Waals surface area (Å²) >= 11 is 18.8. The van der Waals surface area contributed by atoms with Gasteiger partial charge in [0.15, 0.2) is 0 Å². The van der Waals surface area contributed by atoms with Crippen molar-refractivity contribution in [1.29, 1.82) is 0 Å². The zero-order chi connectivity index (χ0) is 24.1. The number of nitrogens with one attached hydrogen (secondary N) is 1. The topological polar surface area (TPSA) is 86.8 Å². The molecule has 1 unspecified atom stereocenters. The Labute approximate surface area is 203 Å². The third-order valence-electron chi connectivity index (χ3n) is 4.82. The van der Waals surface area contributed by atoms with E-state index in [-0.39, 0.29) is 17.3 Å². The molecule has 32 heavy (non-hydrogen) atoms. The van der Waals surface area contributed by atoms with Gasteiger partial charge in [0, 0.05) is 29.2 Å². The minimum Gasteiger partial charge on any atom is -0.357 e. The molecule has 0 saturated carbocycles. The SMILES string of the molecule is CCC(C(=O)NC)N(Cc1c(Cl)cccc1Cl)C(=O)CN(c1ccccc1Cl)S(C)(=O)=O. The van der Waals surface area contributed by atoms with Crippen LogP contribution in [0.1, 0.15) is 18.9 Å². The Morgan fingerprint density at radius 2 is 1.56 bits per heavy atom. The number of halogens is 3. The fourth-order valence-corrected chi connectivity index (χ4v) is 4.85. The monoisotopic (exact) mass is 519 g/mol. The molecule has 0 aliphatic carbocycles. The van der Waals surface area contributed by atoms with E-state index in [0.29, 0.717) is 22.0 Å². The Balaban J connectivity index is 2.50. The van der Waals surface area contributed by atoms with Crippen molar-refractivity contribution >= 4 is 62.3 Å². The second-order valence-corrected chi connectivity index (χ2v) is 10.1. The van der Waals surface area contributed by atoms with Crippen molar-refractivity contribution in [2.75, 3.05) is 24.2 Å². The van der Waals surface area contributed by atoms with Crippen LogP contribution in [-0.2, 0) is 26.2 Å². The Morgan fingerprint density at radius 3 is 2.06 bits per heavy atom. The van der Waals surface area contributed by atoms with Crippen molar-refractivity contribution < 1.29 is 18.0 Å². The van der Waals surface area contributed by atoms with Gasteiger partial charge in [-0.25, -0.2) is 8.42 Å². The molecule has 0 spiro atoms. The van der Waals surface area contributed by atoms with E-state index in [1.807, 2.05) is 0 Å². The molecule has 0 aliphatic heterocycles. The van der Waals surface area contributed by atoms with Gasteiger partial charge in [-0.05, 0) is 30.7 Å². The van der Waals surface area contributed by atoms with Crippen LogP contribution in [0.15, 0.2) is 42.5 Å². The minimum absolute atomic E-state index is 0.0800. The van der Waals surface area contributed by atoms with Crippen LogP contribution in [0.5, 0.6) is 0 Å². The van der Waals surface area contributed by atoms with Crippen LogP contribution in [0.2, 0.25) is 15.1 Å². The molecule has 7 nitrogen and oxygen atoms in total. The molecule has 0 bridgehead atoms. The van der Waals surface area contributed by atoms with Crippen LogP contribution >= 0.6 is 34.8 Å². The molecule has 0 fully saturated rings. The summed E-state index contributed by atoms with van der Waals surface area (Å²) in [7, 11) is -2.41. The van der Waals surface area contributed by atoms with Crippen LogP contribution in [0.25, 0.3) is 0 Å². The number of hydrogen-bond acceptors (Lipinski definition) is 4. The second kappa shape index (κ2) is 11.2. The fourth-order valence-electron chi connectivity index (χ4n) is 3.19. The van der Waals surface area contributed by atoms with Gasteiger partial charge in [-0.2, -0.15) is 0 Å². The lowest BCUT2D eigenvalue weighted by molar-refractivity contribution is -0.140. The maximum Gasteiger partial charge on any atom is 0.244 e. The minimum atomic E-state index is -3.87. The highest BCUT2D eigenvalue weighted by Crippen LogP contribution is 2.29. The Morgan fingerprint density at radius 1 is 1.00 bits per heavy atom. The molecule has 174 valence electrons. The molecule has 0 aliphatic rings. The number of sulfonamides is 1. The highest BCUT2D eigenvalue weighted by atomic mass is 35.5. The molecule has 0 heterocycles. The summed E-state index contributed by atoms with van der Waals surface area (Å²) in [5, 5.41) is 3.36. The van der Waals surface area contributed by atoms with Crippen LogP contribution in [0.3, 0.4) is 0 Å². The molecule has 2 rings (SSSR count). The summed E-state index contributed by atoms with van der Waals surface area (Å²) in [6.45, 7) is 1.11. The Hall–Kier alpha value is -2.00. The maximum absolute atomic E-state index is 13.4. The first-order valence-electron chi connectivity index (χ1n) is 9.67. The number of amides is 2. The molecule has 2 aromatic rings. The first kappa shape index (κ1) is 26.3. The van der Waals surface area contributed by atoms with Gasteiger partial charge in [-0.1, -0.05) is 59.9 Å². The first-order chi connectivity index (χ1) is 15.0. The molecule has 11 heteroatoms. The van der Waals surface area contributed by atoms with E-state index in [0.717, 1.165) is 10.6 Å². The van der Waals surface area contributed by atoms with Crippen molar-refractivity contribution in [3.63, 3.8) is 0 Å². The highest BCUT2D eigenvalue weighted by Gasteiger charge is 2.32. The van der Waals surface area contributed by atoms with Crippen LogP contribution in [0.4, 0.5) is 5.69 Å². The van der Waals surface area contributed by atoms with Crippen molar-refractivity contribution in [2.45, 2.75) is 25.9 Å². The summed E-state index contributed by atoms with van der Waals surface area (Å²) in [5.41, 5.74) is 0.615. The molecule has 0 saturated heterocycles. The number of rotatable bonds is 9.